The van der Waals surface area contributed by atoms with Crippen molar-refractivity contribution in [3.8, 4) is 0 Å². The van der Waals surface area contributed by atoms with Gasteiger partial charge in [-0.25, -0.2) is 4.68 Å². The van der Waals surface area contributed by atoms with E-state index in [1.165, 1.54) is 5.56 Å². The topological polar surface area (TPSA) is 55.6 Å². The fourth-order valence-electron chi connectivity index (χ4n) is 1.96. The molecule has 1 aromatic heterocycles. The monoisotopic (exact) mass is 279 g/mol. The highest BCUT2D eigenvalue weighted by Crippen LogP contribution is 2.12. The van der Waals surface area contributed by atoms with Gasteiger partial charge in [-0.2, -0.15) is 0 Å². The highest BCUT2D eigenvalue weighted by molar-refractivity contribution is 6.30. The Kier molecular flexibility index (Phi) is 4.87. The zero-order valence-corrected chi connectivity index (χ0v) is 11.9. The quantitative estimate of drug-likeness (QED) is 0.881. The first-order chi connectivity index (χ1) is 9.20. The second kappa shape index (κ2) is 6.63. The average molecular weight is 280 g/mol. The number of aromatic nitrogens is 4. The van der Waals surface area contributed by atoms with Crippen molar-refractivity contribution in [2.24, 2.45) is 0 Å². The predicted octanol–water partition coefficient (Wildman–Crippen LogP) is 2.24. The van der Waals surface area contributed by atoms with Crippen LogP contribution in [0.1, 0.15) is 31.3 Å². The molecule has 0 amide bonds. The van der Waals surface area contributed by atoms with E-state index in [0.29, 0.717) is 0 Å². The molecular weight excluding hydrogens is 262 g/mol. The van der Waals surface area contributed by atoms with Crippen molar-refractivity contribution in [1.82, 2.24) is 25.5 Å². The Morgan fingerprint density at radius 1 is 1.32 bits per heavy atom. The van der Waals surface area contributed by atoms with E-state index in [4.69, 9.17) is 11.6 Å². The molecule has 0 saturated heterocycles. The van der Waals surface area contributed by atoms with E-state index in [0.717, 1.165) is 30.4 Å². The summed E-state index contributed by atoms with van der Waals surface area (Å²) < 4.78 is 1.85. The van der Waals surface area contributed by atoms with Gasteiger partial charge in [0.1, 0.15) is 0 Å². The third-order valence-corrected chi connectivity index (χ3v) is 3.23. The van der Waals surface area contributed by atoms with Crippen molar-refractivity contribution in [3.05, 3.63) is 40.7 Å². The number of nitrogens with zero attached hydrogens (tertiary/aromatic N) is 4. The van der Waals surface area contributed by atoms with Crippen molar-refractivity contribution >= 4 is 11.6 Å². The van der Waals surface area contributed by atoms with E-state index in [1.54, 1.807) is 0 Å². The molecule has 0 aliphatic rings. The molecule has 0 radical (unpaired) electrons. The maximum absolute atomic E-state index is 5.87. The molecule has 2 rings (SSSR count). The van der Waals surface area contributed by atoms with E-state index in [-0.39, 0.29) is 6.04 Å². The van der Waals surface area contributed by atoms with Crippen LogP contribution in [0.2, 0.25) is 5.02 Å². The van der Waals surface area contributed by atoms with Crippen LogP contribution in [0, 0.1) is 0 Å². The van der Waals surface area contributed by atoms with Gasteiger partial charge in [0.2, 0.25) is 0 Å². The smallest absolute Gasteiger partial charge is 0.167 e. The SMILES string of the molecule is CCNC(C)c1nnnn1CCc1ccc(Cl)cc1. The summed E-state index contributed by atoms with van der Waals surface area (Å²) in [5, 5.41) is 15.9. The minimum atomic E-state index is 0.158. The Morgan fingerprint density at radius 3 is 2.74 bits per heavy atom. The molecule has 0 fully saturated rings. The summed E-state index contributed by atoms with van der Waals surface area (Å²) in [5.41, 5.74) is 1.22. The molecule has 1 N–H and O–H groups in total. The average Bonchev–Trinajstić information content (AvgIpc) is 2.87. The summed E-state index contributed by atoms with van der Waals surface area (Å²) in [7, 11) is 0. The van der Waals surface area contributed by atoms with Crippen LogP contribution in [0.4, 0.5) is 0 Å². The Hall–Kier alpha value is -1.46. The second-order valence-electron chi connectivity index (χ2n) is 4.42. The number of nitrogens with one attached hydrogen (secondary N) is 1. The second-order valence-corrected chi connectivity index (χ2v) is 4.85. The first-order valence-electron chi connectivity index (χ1n) is 6.44. The number of rotatable bonds is 6. The lowest BCUT2D eigenvalue weighted by Gasteiger charge is -2.12. The fraction of sp³-hybridized carbons (Fsp3) is 0.462. The van der Waals surface area contributed by atoms with E-state index >= 15 is 0 Å². The molecule has 0 spiro atoms. The largest absolute Gasteiger partial charge is 0.308 e. The minimum Gasteiger partial charge on any atom is -0.308 e. The van der Waals surface area contributed by atoms with Crippen LogP contribution in [0.25, 0.3) is 0 Å². The standard InChI is InChI=1S/C13H18ClN5/c1-3-15-10(2)13-16-17-18-19(13)9-8-11-4-6-12(14)7-5-11/h4-7,10,15H,3,8-9H2,1-2H3. The maximum Gasteiger partial charge on any atom is 0.167 e. The van der Waals surface area contributed by atoms with Crippen molar-refractivity contribution in [2.75, 3.05) is 6.54 Å². The molecule has 0 bridgehead atoms. The van der Waals surface area contributed by atoms with Crippen LogP contribution in [0.5, 0.6) is 0 Å². The van der Waals surface area contributed by atoms with Crippen molar-refractivity contribution in [2.45, 2.75) is 32.9 Å². The van der Waals surface area contributed by atoms with Gasteiger partial charge < -0.3 is 5.32 Å². The fourth-order valence-corrected chi connectivity index (χ4v) is 2.09. The number of tetrazole rings is 1. The van der Waals surface area contributed by atoms with Crippen LogP contribution < -0.4 is 5.32 Å². The third kappa shape index (κ3) is 3.75. The number of hydrogen-bond acceptors (Lipinski definition) is 4. The lowest BCUT2D eigenvalue weighted by Crippen LogP contribution is -2.22. The first-order valence-corrected chi connectivity index (χ1v) is 6.82. The molecule has 1 atom stereocenters. The molecule has 0 aliphatic carbocycles. The van der Waals surface area contributed by atoms with Crippen molar-refractivity contribution < 1.29 is 0 Å². The lowest BCUT2D eigenvalue weighted by molar-refractivity contribution is 0.495. The Bertz CT molecular complexity index is 508. The van der Waals surface area contributed by atoms with Gasteiger partial charge in [0.05, 0.1) is 6.04 Å². The van der Waals surface area contributed by atoms with Gasteiger partial charge >= 0.3 is 0 Å². The first kappa shape index (κ1) is 14.0. The van der Waals surface area contributed by atoms with Gasteiger partial charge in [0, 0.05) is 11.6 Å². The molecule has 1 heterocycles. The van der Waals surface area contributed by atoms with Gasteiger partial charge in [-0.1, -0.05) is 30.7 Å². The van der Waals surface area contributed by atoms with Crippen molar-refractivity contribution in [1.29, 1.82) is 0 Å². The highest BCUT2D eigenvalue weighted by atomic mass is 35.5. The summed E-state index contributed by atoms with van der Waals surface area (Å²) in [6.45, 7) is 5.79. The molecule has 2 aromatic rings. The van der Waals surface area contributed by atoms with Crippen LogP contribution in [0.15, 0.2) is 24.3 Å². The molecule has 5 nitrogen and oxygen atoms in total. The third-order valence-electron chi connectivity index (χ3n) is 2.98. The zero-order valence-electron chi connectivity index (χ0n) is 11.2. The highest BCUT2D eigenvalue weighted by Gasteiger charge is 2.12. The van der Waals surface area contributed by atoms with Gasteiger partial charge in [0.25, 0.3) is 0 Å². The van der Waals surface area contributed by atoms with Crippen LogP contribution in [-0.2, 0) is 13.0 Å². The summed E-state index contributed by atoms with van der Waals surface area (Å²) in [6.07, 6.45) is 0.883. The van der Waals surface area contributed by atoms with E-state index in [9.17, 15) is 0 Å². The molecule has 1 unspecified atom stereocenters. The Balaban J connectivity index is 2.00. The maximum atomic E-state index is 5.87. The number of benzene rings is 1. The zero-order chi connectivity index (χ0) is 13.7. The number of hydrogen-bond donors (Lipinski definition) is 1. The molecule has 102 valence electrons. The Morgan fingerprint density at radius 2 is 2.05 bits per heavy atom. The normalized spacial score (nSPS) is 12.6. The van der Waals surface area contributed by atoms with E-state index in [1.807, 2.05) is 28.9 Å². The molecule has 19 heavy (non-hydrogen) atoms. The molecule has 1 aromatic carbocycles. The summed E-state index contributed by atoms with van der Waals surface area (Å²) in [4.78, 5) is 0. The van der Waals surface area contributed by atoms with Gasteiger partial charge in [0.15, 0.2) is 5.82 Å². The van der Waals surface area contributed by atoms with Gasteiger partial charge in [-0.3, -0.25) is 0 Å². The Labute approximate surface area is 118 Å². The molecular formula is C13H18ClN5. The van der Waals surface area contributed by atoms with Gasteiger partial charge in [-0.15, -0.1) is 5.10 Å². The van der Waals surface area contributed by atoms with Gasteiger partial charge in [-0.05, 0) is 48.0 Å². The lowest BCUT2D eigenvalue weighted by atomic mass is 10.1. The predicted molar refractivity (Wildman–Crippen MR) is 75.1 cm³/mol. The van der Waals surface area contributed by atoms with E-state index in [2.05, 4.69) is 34.7 Å². The summed E-state index contributed by atoms with van der Waals surface area (Å²) >= 11 is 5.87. The molecule has 6 heteroatoms. The van der Waals surface area contributed by atoms with Crippen LogP contribution in [-0.4, -0.2) is 26.8 Å². The summed E-state index contributed by atoms with van der Waals surface area (Å²) in [5.74, 6) is 0.871. The molecule has 0 saturated carbocycles. The summed E-state index contributed by atoms with van der Waals surface area (Å²) in [6, 6.07) is 8.02. The van der Waals surface area contributed by atoms with Crippen LogP contribution >= 0.6 is 11.6 Å². The number of aryl methyl sites for hydroxylation is 2. The van der Waals surface area contributed by atoms with Crippen molar-refractivity contribution in [3.63, 3.8) is 0 Å². The molecule has 0 aliphatic heterocycles. The van der Waals surface area contributed by atoms with Crippen LogP contribution in [0.3, 0.4) is 0 Å². The minimum absolute atomic E-state index is 0.158. The number of halogens is 1. The van der Waals surface area contributed by atoms with E-state index < -0.39 is 0 Å².